The Bertz CT molecular complexity index is 370. The molecule has 1 aliphatic heterocycles. The van der Waals surface area contributed by atoms with Crippen molar-refractivity contribution in [1.82, 2.24) is 5.43 Å². The molecular formula is C11H12N2O. The number of nitrogens with one attached hydrogen (secondary N) is 1. The van der Waals surface area contributed by atoms with E-state index in [0.29, 0.717) is 6.42 Å². The first-order valence-electron chi connectivity index (χ1n) is 4.65. The van der Waals surface area contributed by atoms with Gasteiger partial charge < -0.3 is 0 Å². The zero-order valence-electron chi connectivity index (χ0n) is 8.03. The van der Waals surface area contributed by atoms with Gasteiger partial charge in [-0.25, -0.2) is 5.43 Å². The van der Waals surface area contributed by atoms with Crippen LogP contribution in [0.5, 0.6) is 0 Å². The second-order valence-corrected chi connectivity index (χ2v) is 3.46. The molecule has 0 radical (unpaired) electrons. The Labute approximate surface area is 82.8 Å². The summed E-state index contributed by atoms with van der Waals surface area (Å²) >= 11 is 0. The fraction of sp³-hybridized carbons (Fsp3) is 0.273. The molecule has 0 aromatic heterocycles. The van der Waals surface area contributed by atoms with Crippen LogP contribution >= 0.6 is 0 Å². The molecule has 2 rings (SSSR count). The van der Waals surface area contributed by atoms with E-state index in [1.54, 1.807) is 0 Å². The van der Waals surface area contributed by atoms with E-state index in [9.17, 15) is 4.79 Å². The largest absolute Gasteiger partial charge is 0.273 e. The summed E-state index contributed by atoms with van der Waals surface area (Å²) in [6.45, 7) is 1.94. The summed E-state index contributed by atoms with van der Waals surface area (Å²) in [6.07, 6.45) is 0.499. The normalized spacial score (nSPS) is 21.4. The average Bonchev–Trinajstić information content (AvgIpc) is 2.23. The Hall–Kier alpha value is -1.64. The molecule has 0 aliphatic carbocycles. The molecule has 1 aromatic carbocycles. The summed E-state index contributed by atoms with van der Waals surface area (Å²) < 4.78 is 0. The minimum atomic E-state index is -0.00977. The standard InChI is InChI=1S/C11H12N2O/c1-8-10(7-11(14)13-12-8)9-5-3-2-4-6-9/h2-6,10H,7H2,1H3,(H,13,14)/t10-/m0/s1. The molecule has 0 spiro atoms. The van der Waals surface area contributed by atoms with Gasteiger partial charge in [-0.2, -0.15) is 5.10 Å². The van der Waals surface area contributed by atoms with Crippen molar-refractivity contribution in [2.24, 2.45) is 5.10 Å². The summed E-state index contributed by atoms with van der Waals surface area (Å²) in [5.74, 6) is 0.134. The quantitative estimate of drug-likeness (QED) is 0.715. The van der Waals surface area contributed by atoms with Crippen LogP contribution in [0.1, 0.15) is 24.8 Å². The lowest BCUT2D eigenvalue weighted by Gasteiger charge is -2.20. The lowest BCUT2D eigenvalue weighted by Crippen LogP contribution is -2.30. The van der Waals surface area contributed by atoms with E-state index < -0.39 is 0 Å². The Kier molecular flexibility index (Phi) is 2.31. The summed E-state index contributed by atoms with van der Waals surface area (Å²) in [6, 6.07) is 9.99. The molecule has 0 saturated heterocycles. The molecule has 0 fully saturated rings. The number of benzene rings is 1. The lowest BCUT2D eigenvalue weighted by molar-refractivity contribution is -0.121. The molecule has 1 atom stereocenters. The molecule has 0 bridgehead atoms. The molecule has 1 N–H and O–H groups in total. The number of carbonyl (C=O) groups is 1. The second kappa shape index (κ2) is 3.62. The van der Waals surface area contributed by atoms with E-state index in [0.717, 1.165) is 11.3 Å². The van der Waals surface area contributed by atoms with Gasteiger partial charge in [-0.1, -0.05) is 30.3 Å². The predicted octanol–water partition coefficient (Wildman–Crippen LogP) is 1.67. The number of hydrazone groups is 1. The highest BCUT2D eigenvalue weighted by Gasteiger charge is 2.22. The molecular weight excluding hydrogens is 176 g/mol. The highest BCUT2D eigenvalue weighted by molar-refractivity contribution is 5.96. The Morgan fingerprint density at radius 1 is 1.36 bits per heavy atom. The molecule has 72 valence electrons. The number of hydrogen-bond donors (Lipinski definition) is 1. The zero-order valence-corrected chi connectivity index (χ0v) is 8.03. The first-order chi connectivity index (χ1) is 6.77. The van der Waals surface area contributed by atoms with E-state index in [1.807, 2.05) is 37.3 Å². The number of rotatable bonds is 1. The third-order valence-corrected chi connectivity index (χ3v) is 2.45. The number of carbonyl (C=O) groups excluding carboxylic acids is 1. The van der Waals surface area contributed by atoms with Crippen LogP contribution in [-0.2, 0) is 4.79 Å². The van der Waals surface area contributed by atoms with Crippen LogP contribution in [0.15, 0.2) is 35.4 Å². The van der Waals surface area contributed by atoms with Crippen LogP contribution in [0.25, 0.3) is 0 Å². The topological polar surface area (TPSA) is 41.5 Å². The summed E-state index contributed by atoms with van der Waals surface area (Å²) in [5, 5.41) is 3.99. The minimum Gasteiger partial charge on any atom is -0.273 e. The van der Waals surface area contributed by atoms with Crippen LogP contribution < -0.4 is 5.43 Å². The zero-order chi connectivity index (χ0) is 9.97. The van der Waals surface area contributed by atoms with E-state index in [-0.39, 0.29) is 11.8 Å². The Morgan fingerprint density at radius 2 is 2.07 bits per heavy atom. The monoisotopic (exact) mass is 188 g/mol. The summed E-state index contributed by atoms with van der Waals surface area (Å²) in [4.78, 5) is 11.2. The highest BCUT2D eigenvalue weighted by Crippen LogP contribution is 2.23. The van der Waals surface area contributed by atoms with E-state index in [2.05, 4.69) is 10.5 Å². The molecule has 1 aromatic rings. The van der Waals surface area contributed by atoms with Gasteiger partial charge in [-0.15, -0.1) is 0 Å². The fourth-order valence-electron chi connectivity index (χ4n) is 1.65. The van der Waals surface area contributed by atoms with Crippen molar-refractivity contribution in [2.45, 2.75) is 19.3 Å². The van der Waals surface area contributed by atoms with Gasteiger partial charge in [0.1, 0.15) is 0 Å². The Morgan fingerprint density at radius 3 is 2.79 bits per heavy atom. The average molecular weight is 188 g/mol. The van der Waals surface area contributed by atoms with Crippen molar-refractivity contribution >= 4 is 11.6 Å². The van der Waals surface area contributed by atoms with Crippen molar-refractivity contribution < 1.29 is 4.79 Å². The Balaban J connectivity index is 2.30. The summed E-state index contributed by atoms with van der Waals surface area (Å²) in [5.41, 5.74) is 4.60. The maximum atomic E-state index is 11.2. The highest BCUT2D eigenvalue weighted by atomic mass is 16.2. The van der Waals surface area contributed by atoms with Gasteiger partial charge in [0.15, 0.2) is 0 Å². The lowest BCUT2D eigenvalue weighted by atomic mass is 9.91. The maximum absolute atomic E-state index is 11.2. The van der Waals surface area contributed by atoms with Gasteiger partial charge >= 0.3 is 0 Å². The molecule has 1 heterocycles. The smallest absolute Gasteiger partial charge is 0.241 e. The second-order valence-electron chi connectivity index (χ2n) is 3.46. The first kappa shape index (κ1) is 8.94. The molecule has 3 heteroatoms. The van der Waals surface area contributed by atoms with Crippen molar-refractivity contribution in [3.63, 3.8) is 0 Å². The van der Waals surface area contributed by atoms with Crippen molar-refractivity contribution in [3.05, 3.63) is 35.9 Å². The predicted molar refractivity (Wildman–Crippen MR) is 55.1 cm³/mol. The number of amides is 1. The van der Waals surface area contributed by atoms with Gasteiger partial charge in [0.25, 0.3) is 0 Å². The van der Waals surface area contributed by atoms with Crippen LogP contribution in [0.2, 0.25) is 0 Å². The van der Waals surface area contributed by atoms with E-state index in [4.69, 9.17) is 0 Å². The van der Waals surface area contributed by atoms with Gasteiger partial charge in [0.2, 0.25) is 5.91 Å². The first-order valence-corrected chi connectivity index (χ1v) is 4.65. The van der Waals surface area contributed by atoms with Crippen molar-refractivity contribution in [2.75, 3.05) is 0 Å². The van der Waals surface area contributed by atoms with Gasteiger partial charge in [0.05, 0.1) is 0 Å². The molecule has 1 aliphatic rings. The van der Waals surface area contributed by atoms with Crippen molar-refractivity contribution in [3.8, 4) is 0 Å². The maximum Gasteiger partial charge on any atom is 0.241 e. The molecule has 0 saturated carbocycles. The molecule has 0 unspecified atom stereocenters. The van der Waals surface area contributed by atoms with E-state index in [1.165, 1.54) is 0 Å². The SMILES string of the molecule is CC1=NNC(=O)C[C@@H]1c1ccccc1. The van der Waals surface area contributed by atoms with Crippen LogP contribution in [0.4, 0.5) is 0 Å². The van der Waals surface area contributed by atoms with E-state index >= 15 is 0 Å². The minimum absolute atomic E-state index is 0.00977. The van der Waals surface area contributed by atoms with Gasteiger partial charge in [-0.05, 0) is 12.5 Å². The number of nitrogens with zero attached hydrogens (tertiary/aromatic N) is 1. The summed E-state index contributed by atoms with van der Waals surface area (Å²) in [7, 11) is 0. The third kappa shape index (κ3) is 1.66. The number of hydrogen-bond acceptors (Lipinski definition) is 2. The van der Waals surface area contributed by atoms with Crippen LogP contribution in [0.3, 0.4) is 0 Å². The van der Waals surface area contributed by atoms with Crippen LogP contribution in [0, 0.1) is 0 Å². The molecule has 3 nitrogen and oxygen atoms in total. The van der Waals surface area contributed by atoms with Crippen LogP contribution in [-0.4, -0.2) is 11.6 Å². The third-order valence-electron chi connectivity index (χ3n) is 2.45. The van der Waals surface area contributed by atoms with Crippen molar-refractivity contribution in [1.29, 1.82) is 0 Å². The van der Waals surface area contributed by atoms with Gasteiger partial charge in [-0.3, -0.25) is 4.79 Å². The fourth-order valence-corrected chi connectivity index (χ4v) is 1.65. The van der Waals surface area contributed by atoms with Gasteiger partial charge in [0, 0.05) is 18.1 Å². The molecule has 1 amide bonds. The molecule has 14 heavy (non-hydrogen) atoms.